The minimum Gasteiger partial charge on any atom is -0.481 e. The van der Waals surface area contributed by atoms with Crippen LogP contribution in [0.3, 0.4) is 0 Å². The van der Waals surface area contributed by atoms with Crippen LogP contribution in [0.2, 0.25) is 0 Å². The highest BCUT2D eigenvalue weighted by molar-refractivity contribution is 5.79. The summed E-state index contributed by atoms with van der Waals surface area (Å²) in [5.41, 5.74) is 5.65. The van der Waals surface area contributed by atoms with Gasteiger partial charge in [-0.25, -0.2) is 0 Å². The van der Waals surface area contributed by atoms with Gasteiger partial charge in [0.15, 0.2) is 0 Å². The molecule has 104 valence electrons. The molecule has 0 radical (unpaired) electrons. The number of carbonyl (C=O) groups is 1. The average Bonchev–Trinajstić information content (AvgIpc) is 2.45. The van der Waals surface area contributed by atoms with Gasteiger partial charge in [0.1, 0.15) is 5.82 Å². The monoisotopic (exact) mass is 265 g/mol. The molecule has 1 aliphatic rings. The number of ether oxygens (including phenoxy) is 1. The minimum absolute atomic E-state index is 0.0130. The zero-order chi connectivity index (χ0) is 13.8. The number of nitrogens with zero attached hydrogens (tertiary/aromatic N) is 3. The lowest BCUT2D eigenvalue weighted by Gasteiger charge is -2.32. The molecule has 3 N–H and O–H groups in total. The SMILES string of the molecule is CNC(=O)C1CCCN(c2cc(OC)nc(N)n2)C1. The molecule has 1 fully saturated rings. The number of hydrogen-bond acceptors (Lipinski definition) is 6. The van der Waals surface area contributed by atoms with Crippen molar-refractivity contribution in [2.75, 3.05) is 37.9 Å². The van der Waals surface area contributed by atoms with Crippen LogP contribution in [0.5, 0.6) is 5.88 Å². The molecule has 19 heavy (non-hydrogen) atoms. The van der Waals surface area contributed by atoms with Crippen molar-refractivity contribution in [3.8, 4) is 5.88 Å². The molecule has 1 unspecified atom stereocenters. The zero-order valence-electron chi connectivity index (χ0n) is 11.2. The van der Waals surface area contributed by atoms with Crippen LogP contribution in [0.1, 0.15) is 12.8 Å². The third kappa shape index (κ3) is 3.04. The molecule has 0 saturated carbocycles. The van der Waals surface area contributed by atoms with Gasteiger partial charge in [0.2, 0.25) is 17.7 Å². The van der Waals surface area contributed by atoms with E-state index >= 15 is 0 Å². The number of nitrogen functional groups attached to an aromatic ring is 1. The molecule has 2 rings (SSSR count). The molecule has 1 saturated heterocycles. The topological polar surface area (TPSA) is 93.4 Å². The summed E-state index contributed by atoms with van der Waals surface area (Å²) in [6.07, 6.45) is 1.85. The van der Waals surface area contributed by atoms with Crippen LogP contribution in [0, 0.1) is 5.92 Å². The molecule has 7 nitrogen and oxygen atoms in total. The first-order valence-electron chi connectivity index (χ1n) is 6.29. The largest absolute Gasteiger partial charge is 0.481 e. The first-order chi connectivity index (χ1) is 9.13. The second-order valence-electron chi connectivity index (χ2n) is 4.53. The van der Waals surface area contributed by atoms with Gasteiger partial charge < -0.3 is 20.7 Å². The third-order valence-electron chi connectivity index (χ3n) is 3.28. The number of nitrogens with two attached hydrogens (primary N) is 1. The molecular weight excluding hydrogens is 246 g/mol. The number of piperidine rings is 1. The summed E-state index contributed by atoms with van der Waals surface area (Å²) in [4.78, 5) is 21.9. The fraction of sp³-hybridized carbons (Fsp3) is 0.583. The Kier molecular flexibility index (Phi) is 4.03. The highest BCUT2D eigenvalue weighted by atomic mass is 16.5. The van der Waals surface area contributed by atoms with Gasteiger partial charge >= 0.3 is 0 Å². The van der Waals surface area contributed by atoms with E-state index in [2.05, 4.69) is 15.3 Å². The second kappa shape index (κ2) is 5.73. The zero-order valence-corrected chi connectivity index (χ0v) is 11.2. The van der Waals surface area contributed by atoms with Gasteiger partial charge in [-0.05, 0) is 12.8 Å². The summed E-state index contributed by atoms with van der Waals surface area (Å²) < 4.78 is 5.08. The maximum Gasteiger partial charge on any atom is 0.225 e. The number of aromatic nitrogens is 2. The Morgan fingerprint density at radius 2 is 2.37 bits per heavy atom. The van der Waals surface area contributed by atoms with Crippen LogP contribution < -0.4 is 20.7 Å². The van der Waals surface area contributed by atoms with Crippen molar-refractivity contribution < 1.29 is 9.53 Å². The maximum absolute atomic E-state index is 11.7. The van der Waals surface area contributed by atoms with Crippen molar-refractivity contribution in [2.45, 2.75) is 12.8 Å². The lowest BCUT2D eigenvalue weighted by Crippen LogP contribution is -2.42. The molecule has 1 aliphatic heterocycles. The Bertz CT molecular complexity index is 465. The molecule has 0 aromatic carbocycles. The number of rotatable bonds is 3. The van der Waals surface area contributed by atoms with Crippen LogP contribution in [-0.2, 0) is 4.79 Å². The number of carbonyl (C=O) groups excluding carboxylic acids is 1. The van der Waals surface area contributed by atoms with Gasteiger partial charge in [0.05, 0.1) is 13.0 Å². The highest BCUT2D eigenvalue weighted by Gasteiger charge is 2.26. The van der Waals surface area contributed by atoms with Crippen LogP contribution in [0.25, 0.3) is 0 Å². The van der Waals surface area contributed by atoms with E-state index in [-0.39, 0.29) is 17.8 Å². The first-order valence-corrected chi connectivity index (χ1v) is 6.29. The Labute approximate surface area is 112 Å². The van der Waals surface area contributed by atoms with Gasteiger partial charge in [-0.2, -0.15) is 9.97 Å². The van der Waals surface area contributed by atoms with Gasteiger partial charge in [-0.1, -0.05) is 0 Å². The number of methoxy groups -OCH3 is 1. The smallest absolute Gasteiger partial charge is 0.225 e. The predicted molar refractivity (Wildman–Crippen MR) is 72.0 cm³/mol. The fourth-order valence-electron chi connectivity index (χ4n) is 2.30. The first kappa shape index (κ1) is 13.4. The summed E-state index contributed by atoms with van der Waals surface area (Å²) in [6.45, 7) is 1.49. The van der Waals surface area contributed by atoms with Crippen molar-refractivity contribution in [3.63, 3.8) is 0 Å². The number of amides is 1. The average molecular weight is 265 g/mol. The molecule has 0 aliphatic carbocycles. The molecule has 2 heterocycles. The number of nitrogens with one attached hydrogen (secondary N) is 1. The number of anilines is 2. The number of hydrogen-bond donors (Lipinski definition) is 2. The van der Waals surface area contributed by atoms with E-state index in [1.54, 1.807) is 13.1 Å². The lowest BCUT2D eigenvalue weighted by molar-refractivity contribution is -0.124. The quantitative estimate of drug-likeness (QED) is 0.801. The summed E-state index contributed by atoms with van der Waals surface area (Å²) >= 11 is 0. The van der Waals surface area contributed by atoms with Gasteiger partial charge in [0.25, 0.3) is 0 Å². The van der Waals surface area contributed by atoms with E-state index in [1.807, 2.05) is 4.90 Å². The van der Waals surface area contributed by atoms with Gasteiger partial charge in [-0.15, -0.1) is 0 Å². The molecule has 0 bridgehead atoms. The fourth-order valence-corrected chi connectivity index (χ4v) is 2.30. The maximum atomic E-state index is 11.7. The predicted octanol–water partition coefficient (Wildman–Crippen LogP) is 0.0298. The van der Waals surface area contributed by atoms with E-state index in [4.69, 9.17) is 10.5 Å². The van der Waals surface area contributed by atoms with Crippen molar-refractivity contribution in [2.24, 2.45) is 5.92 Å². The third-order valence-corrected chi connectivity index (χ3v) is 3.28. The Hall–Kier alpha value is -2.05. The molecule has 1 amide bonds. The van der Waals surface area contributed by atoms with Gasteiger partial charge in [0, 0.05) is 26.2 Å². The van der Waals surface area contributed by atoms with Gasteiger partial charge in [-0.3, -0.25) is 4.79 Å². The van der Waals surface area contributed by atoms with Crippen LogP contribution in [-0.4, -0.2) is 43.1 Å². The lowest BCUT2D eigenvalue weighted by atomic mass is 9.97. The van der Waals surface area contributed by atoms with Crippen LogP contribution in [0.4, 0.5) is 11.8 Å². The standard InChI is InChI=1S/C12H19N5O2/c1-14-11(18)8-4-3-5-17(7-8)9-6-10(19-2)16-12(13)15-9/h6,8H,3-5,7H2,1-2H3,(H,14,18)(H2,13,15,16). The molecule has 7 heteroatoms. The van der Waals surface area contributed by atoms with Crippen molar-refractivity contribution >= 4 is 17.7 Å². The molecule has 1 aromatic heterocycles. The Morgan fingerprint density at radius 3 is 3.05 bits per heavy atom. The van der Waals surface area contributed by atoms with Crippen LogP contribution >= 0.6 is 0 Å². The van der Waals surface area contributed by atoms with Crippen molar-refractivity contribution in [1.82, 2.24) is 15.3 Å². The molecule has 1 aromatic rings. The summed E-state index contributed by atoms with van der Waals surface area (Å²) in [6, 6.07) is 1.74. The summed E-state index contributed by atoms with van der Waals surface area (Å²) in [7, 11) is 3.20. The van der Waals surface area contributed by atoms with E-state index in [0.717, 1.165) is 19.4 Å². The second-order valence-corrected chi connectivity index (χ2v) is 4.53. The van der Waals surface area contributed by atoms with E-state index < -0.39 is 0 Å². The molecule has 0 spiro atoms. The van der Waals surface area contributed by atoms with E-state index in [9.17, 15) is 4.79 Å². The Balaban J connectivity index is 2.17. The summed E-state index contributed by atoms with van der Waals surface area (Å²) in [5, 5.41) is 2.69. The molecular formula is C12H19N5O2. The molecule has 1 atom stereocenters. The van der Waals surface area contributed by atoms with Crippen LogP contribution in [0.15, 0.2) is 6.07 Å². The highest BCUT2D eigenvalue weighted by Crippen LogP contribution is 2.24. The minimum atomic E-state index is -0.0130. The van der Waals surface area contributed by atoms with E-state index in [0.29, 0.717) is 18.2 Å². The van der Waals surface area contributed by atoms with Crippen molar-refractivity contribution in [1.29, 1.82) is 0 Å². The van der Waals surface area contributed by atoms with E-state index in [1.165, 1.54) is 7.11 Å². The normalized spacial score (nSPS) is 19.1. The van der Waals surface area contributed by atoms with Crippen molar-refractivity contribution in [3.05, 3.63) is 6.07 Å². The Morgan fingerprint density at radius 1 is 1.58 bits per heavy atom. The summed E-state index contributed by atoms with van der Waals surface area (Å²) in [5.74, 6) is 1.37.